The third kappa shape index (κ3) is 2.14. The summed E-state index contributed by atoms with van der Waals surface area (Å²) in [6.07, 6.45) is 0.806. The first-order valence-electron chi connectivity index (χ1n) is 4.63. The highest BCUT2D eigenvalue weighted by Crippen LogP contribution is 2.34. The van der Waals surface area contributed by atoms with E-state index in [2.05, 4.69) is 21.1 Å². The summed E-state index contributed by atoms with van der Waals surface area (Å²) in [6.45, 7) is 2.56. The van der Waals surface area contributed by atoms with Crippen molar-refractivity contribution in [1.29, 1.82) is 0 Å². The van der Waals surface area contributed by atoms with Crippen molar-refractivity contribution in [2.45, 2.75) is 13.3 Å². The van der Waals surface area contributed by atoms with E-state index < -0.39 is 0 Å². The van der Waals surface area contributed by atoms with Crippen LogP contribution in [0.2, 0.25) is 0 Å². The molecule has 2 aromatic rings. The van der Waals surface area contributed by atoms with Crippen molar-refractivity contribution in [3.05, 3.63) is 27.2 Å². The molecule has 0 fully saturated rings. The summed E-state index contributed by atoms with van der Waals surface area (Å²) in [6, 6.07) is 4.03. The fourth-order valence-electron chi connectivity index (χ4n) is 1.46. The molecule has 2 aromatic heterocycles. The second kappa shape index (κ2) is 4.47. The van der Waals surface area contributed by atoms with Crippen molar-refractivity contribution in [2.75, 3.05) is 6.54 Å². The Morgan fingerprint density at radius 3 is 2.93 bits per heavy atom. The average Bonchev–Trinajstić information content (AvgIpc) is 2.76. The standard InChI is InChI=1S/C10H11BrN2OS/c1-6-7(4-5-12)10(14-13-6)8-2-3-9(11)15-8/h2-3H,4-5,12H2,1H3. The number of aromatic nitrogens is 1. The molecule has 0 spiro atoms. The summed E-state index contributed by atoms with van der Waals surface area (Å²) in [5, 5.41) is 3.98. The van der Waals surface area contributed by atoms with Crippen LogP contribution < -0.4 is 5.73 Å². The monoisotopic (exact) mass is 286 g/mol. The maximum atomic E-state index is 5.57. The number of nitrogens with two attached hydrogens (primary N) is 1. The quantitative estimate of drug-likeness (QED) is 0.944. The number of aryl methyl sites for hydroxylation is 1. The molecule has 0 bridgehead atoms. The van der Waals surface area contributed by atoms with E-state index in [1.165, 1.54) is 0 Å². The molecule has 80 valence electrons. The molecule has 0 aliphatic carbocycles. The van der Waals surface area contributed by atoms with Crippen molar-refractivity contribution in [2.24, 2.45) is 5.73 Å². The van der Waals surface area contributed by atoms with Gasteiger partial charge in [-0.1, -0.05) is 5.16 Å². The van der Waals surface area contributed by atoms with Crippen molar-refractivity contribution in [3.8, 4) is 10.6 Å². The minimum atomic E-state index is 0.613. The molecule has 0 saturated heterocycles. The molecule has 3 nitrogen and oxygen atoms in total. The molecule has 2 heterocycles. The van der Waals surface area contributed by atoms with Crippen LogP contribution in [0.5, 0.6) is 0 Å². The van der Waals surface area contributed by atoms with Crippen molar-refractivity contribution in [3.63, 3.8) is 0 Å². The van der Waals surface area contributed by atoms with Gasteiger partial charge in [-0.2, -0.15) is 0 Å². The van der Waals surface area contributed by atoms with Gasteiger partial charge in [0.15, 0.2) is 5.76 Å². The topological polar surface area (TPSA) is 52.0 Å². The second-order valence-electron chi connectivity index (χ2n) is 3.22. The smallest absolute Gasteiger partial charge is 0.180 e. The predicted molar refractivity (Wildman–Crippen MR) is 65.0 cm³/mol. The maximum absolute atomic E-state index is 5.57. The third-order valence-electron chi connectivity index (χ3n) is 2.18. The molecule has 15 heavy (non-hydrogen) atoms. The summed E-state index contributed by atoms with van der Waals surface area (Å²) < 4.78 is 6.42. The Hall–Kier alpha value is -0.650. The Bertz CT molecular complexity index is 464. The van der Waals surface area contributed by atoms with Gasteiger partial charge >= 0.3 is 0 Å². The van der Waals surface area contributed by atoms with Crippen LogP contribution in [-0.4, -0.2) is 11.7 Å². The highest BCUT2D eigenvalue weighted by atomic mass is 79.9. The van der Waals surface area contributed by atoms with Crippen LogP contribution in [0.25, 0.3) is 10.6 Å². The van der Waals surface area contributed by atoms with Gasteiger partial charge in [0.05, 0.1) is 14.4 Å². The SMILES string of the molecule is Cc1noc(-c2ccc(Br)s2)c1CCN. The van der Waals surface area contributed by atoms with Gasteiger partial charge in [-0.15, -0.1) is 11.3 Å². The summed E-state index contributed by atoms with van der Waals surface area (Å²) >= 11 is 5.07. The minimum absolute atomic E-state index is 0.613. The number of hydrogen-bond donors (Lipinski definition) is 1. The normalized spacial score (nSPS) is 10.9. The minimum Gasteiger partial charge on any atom is -0.355 e. The lowest BCUT2D eigenvalue weighted by Gasteiger charge is -1.97. The van der Waals surface area contributed by atoms with Crippen LogP contribution >= 0.6 is 27.3 Å². The molecule has 0 aliphatic heterocycles. The highest BCUT2D eigenvalue weighted by molar-refractivity contribution is 9.11. The van der Waals surface area contributed by atoms with Gasteiger partial charge in [-0.25, -0.2) is 0 Å². The summed E-state index contributed by atoms with van der Waals surface area (Å²) in [4.78, 5) is 1.09. The van der Waals surface area contributed by atoms with Gasteiger partial charge in [0.25, 0.3) is 0 Å². The highest BCUT2D eigenvalue weighted by Gasteiger charge is 2.15. The lowest BCUT2D eigenvalue weighted by Crippen LogP contribution is -2.03. The number of hydrogen-bond acceptors (Lipinski definition) is 4. The Balaban J connectivity index is 2.43. The predicted octanol–water partition coefficient (Wildman–Crippen LogP) is 2.98. The molecule has 0 saturated carbocycles. The van der Waals surface area contributed by atoms with Crippen LogP contribution in [0.15, 0.2) is 20.4 Å². The Morgan fingerprint density at radius 2 is 2.33 bits per heavy atom. The van der Waals surface area contributed by atoms with Crippen LogP contribution in [0, 0.1) is 6.92 Å². The zero-order chi connectivity index (χ0) is 10.8. The zero-order valence-electron chi connectivity index (χ0n) is 8.29. The van der Waals surface area contributed by atoms with Gasteiger partial charge in [0.1, 0.15) is 0 Å². The van der Waals surface area contributed by atoms with Gasteiger partial charge < -0.3 is 10.3 Å². The zero-order valence-corrected chi connectivity index (χ0v) is 10.7. The second-order valence-corrected chi connectivity index (χ2v) is 5.68. The van der Waals surface area contributed by atoms with E-state index in [0.717, 1.165) is 32.1 Å². The molecular formula is C10H11BrN2OS. The van der Waals surface area contributed by atoms with Gasteiger partial charge in [-0.05, 0) is 48.0 Å². The van der Waals surface area contributed by atoms with Crippen molar-refractivity contribution >= 4 is 27.3 Å². The van der Waals surface area contributed by atoms with E-state index in [1.54, 1.807) is 11.3 Å². The average molecular weight is 287 g/mol. The molecule has 0 aromatic carbocycles. The van der Waals surface area contributed by atoms with E-state index in [4.69, 9.17) is 10.3 Å². The molecular weight excluding hydrogens is 276 g/mol. The van der Waals surface area contributed by atoms with Crippen molar-refractivity contribution in [1.82, 2.24) is 5.16 Å². The van der Waals surface area contributed by atoms with Crippen LogP contribution in [0.1, 0.15) is 11.3 Å². The number of halogens is 1. The third-order valence-corrected chi connectivity index (χ3v) is 3.80. The first-order valence-corrected chi connectivity index (χ1v) is 6.24. The van der Waals surface area contributed by atoms with E-state index in [9.17, 15) is 0 Å². The number of rotatable bonds is 3. The molecule has 2 N–H and O–H groups in total. The van der Waals surface area contributed by atoms with Crippen LogP contribution in [0.3, 0.4) is 0 Å². The molecule has 2 rings (SSSR count). The van der Waals surface area contributed by atoms with Crippen LogP contribution in [-0.2, 0) is 6.42 Å². The fraction of sp³-hybridized carbons (Fsp3) is 0.300. The lowest BCUT2D eigenvalue weighted by molar-refractivity contribution is 0.427. The van der Waals surface area contributed by atoms with Gasteiger partial charge in [-0.3, -0.25) is 0 Å². The van der Waals surface area contributed by atoms with E-state index in [1.807, 2.05) is 19.1 Å². The van der Waals surface area contributed by atoms with E-state index >= 15 is 0 Å². The first kappa shape index (κ1) is 10.9. The summed E-state index contributed by atoms with van der Waals surface area (Å²) in [5.74, 6) is 0.855. The van der Waals surface area contributed by atoms with Gasteiger partial charge in [0, 0.05) is 5.56 Å². The van der Waals surface area contributed by atoms with Crippen molar-refractivity contribution < 1.29 is 4.52 Å². The maximum Gasteiger partial charge on any atom is 0.180 e. The first-order chi connectivity index (χ1) is 7.22. The molecule has 0 amide bonds. The molecule has 0 atom stereocenters. The lowest BCUT2D eigenvalue weighted by atomic mass is 10.1. The van der Waals surface area contributed by atoms with E-state index in [0.29, 0.717) is 6.54 Å². The fourth-order valence-corrected chi connectivity index (χ4v) is 2.85. The Labute approximate surface area is 100 Å². The summed E-state index contributed by atoms with van der Waals surface area (Å²) in [5.41, 5.74) is 7.61. The molecule has 5 heteroatoms. The molecule has 0 unspecified atom stereocenters. The number of thiophene rings is 1. The molecule has 0 aliphatic rings. The largest absolute Gasteiger partial charge is 0.355 e. The number of nitrogens with zero attached hydrogens (tertiary/aromatic N) is 1. The van der Waals surface area contributed by atoms with Gasteiger partial charge in [0.2, 0.25) is 0 Å². The van der Waals surface area contributed by atoms with E-state index in [-0.39, 0.29) is 0 Å². The Morgan fingerprint density at radius 1 is 1.53 bits per heavy atom. The molecule has 0 radical (unpaired) electrons. The van der Waals surface area contributed by atoms with Crippen LogP contribution in [0.4, 0.5) is 0 Å². The Kier molecular flexibility index (Phi) is 3.23. The summed E-state index contributed by atoms with van der Waals surface area (Å²) in [7, 11) is 0.